The number of benzene rings is 1. The summed E-state index contributed by atoms with van der Waals surface area (Å²) in [5, 5.41) is 0. The van der Waals surface area contributed by atoms with E-state index in [1.165, 1.54) is 24.4 Å². The van der Waals surface area contributed by atoms with Crippen molar-refractivity contribution in [2.24, 2.45) is 5.73 Å². The lowest BCUT2D eigenvalue weighted by atomic mass is 10.0. The Morgan fingerprint density at radius 1 is 1.12 bits per heavy atom. The van der Waals surface area contributed by atoms with E-state index in [1.54, 1.807) is 12.3 Å². The van der Waals surface area contributed by atoms with Crippen LogP contribution in [0.5, 0.6) is 0 Å². The van der Waals surface area contributed by atoms with Gasteiger partial charge in [-0.15, -0.1) is 0 Å². The van der Waals surface area contributed by atoms with Crippen LogP contribution in [0.4, 0.5) is 8.78 Å². The fourth-order valence-corrected chi connectivity index (χ4v) is 1.51. The lowest BCUT2D eigenvalue weighted by Gasteiger charge is -2.05. The molecule has 0 atom stereocenters. The molecular weight excluding hydrogens is 210 g/mol. The van der Waals surface area contributed by atoms with Crippen LogP contribution < -0.4 is 5.73 Å². The molecule has 0 aliphatic heterocycles. The van der Waals surface area contributed by atoms with Gasteiger partial charge in [0.05, 0.1) is 5.56 Å². The van der Waals surface area contributed by atoms with Crippen molar-refractivity contribution < 1.29 is 8.78 Å². The first-order valence-electron chi connectivity index (χ1n) is 4.80. The second kappa shape index (κ2) is 4.37. The molecule has 16 heavy (non-hydrogen) atoms. The Morgan fingerprint density at radius 2 is 1.81 bits per heavy atom. The van der Waals surface area contributed by atoms with Crippen molar-refractivity contribution in [3.05, 3.63) is 53.9 Å². The van der Waals surface area contributed by atoms with Gasteiger partial charge < -0.3 is 5.73 Å². The quantitative estimate of drug-likeness (QED) is 0.844. The van der Waals surface area contributed by atoms with Gasteiger partial charge in [0.2, 0.25) is 0 Å². The topological polar surface area (TPSA) is 38.9 Å². The van der Waals surface area contributed by atoms with E-state index in [1.807, 2.05) is 0 Å². The van der Waals surface area contributed by atoms with Crippen molar-refractivity contribution in [2.75, 3.05) is 0 Å². The first-order chi connectivity index (χ1) is 7.72. The smallest absolute Gasteiger partial charge is 0.134 e. The lowest BCUT2D eigenvalue weighted by molar-refractivity contribution is 0.589. The Morgan fingerprint density at radius 3 is 2.44 bits per heavy atom. The number of hydrogen-bond donors (Lipinski definition) is 1. The molecule has 0 aliphatic carbocycles. The van der Waals surface area contributed by atoms with Gasteiger partial charge in [-0.3, -0.25) is 4.98 Å². The number of hydrogen-bond acceptors (Lipinski definition) is 2. The third-order valence-corrected chi connectivity index (χ3v) is 2.28. The van der Waals surface area contributed by atoms with Crippen molar-refractivity contribution >= 4 is 0 Å². The zero-order valence-corrected chi connectivity index (χ0v) is 8.45. The van der Waals surface area contributed by atoms with E-state index in [-0.39, 0.29) is 12.1 Å². The van der Waals surface area contributed by atoms with Crippen LogP contribution in [0.1, 0.15) is 5.56 Å². The molecule has 2 aromatic rings. The first-order valence-corrected chi connectivity index (χ1v) is 4.80. The summed E-state index contributed by atoms with van der Waals surface area (Å²) in [4.78, 5) is 3.90. The fourth-order valence-electron chi connectivity index (χ4n) is 1.51. The molecule has 1 heterocycles. The molecule has 2 N–H and O–H groups in total. The predicted molar refractivity (Wildman–Crippen MR) is 57.5 cm³/mol. The zero-order chi connectivity index (χ0) is 11.5. The van der Waals surface area contributed by atoms with Gasteiger partial charge in [-0.05, 0) is 23.8 Å². The fraction of sp³-hybridized carbons (Fsp3) is 0.0833. The normalized spacial score (nSPS) is 10.4. The Bertz CT molecular complexity index is 492. The minimum atomic E-state index is -0.601. The number of pyridine rings is 1. The molecule has 0 fully saturated rings. The lowest BCUT2D eigenvalue weighted by Crippen LogP contribution is -1.98. The van der Waals surface area contributed by atoms with Gasteiger partial charge in [-0.1, -0.05) is 6.07 Å². The minimum absolute atomic E-state index is 0.0645. The van der Waals surface area contributed by atoms with E-state index in [0.29, 0.717) is 5.56 Å². The van der Waals surface area contributed by atoms with Crippen molar-refractivity contribution in [1.82, 2.24) is 4.98 Å². The summed E-state index contributed by atoms with van der Waals surface area (Å²) in [6.45, 7) is 0.289. The molecule has 82 valence electrons. The van der Waals surface area contributed by atoms with Crippen molar-refractivity contribution in [1.29, 1.82) is 0 Å². The summed E-state index contributed by atoms with van der Waals surface area (Å²) in [7, 11) is 0. The maximum absolute atomic E-state index is 13.5. The van der Waals surface area contributed by atoms with E-state index in [2.05, 4.69) is 4.98 Å². The van der Waals surface area contributed by atoms with Crippen molar-refractivity contribution in [3.8, 4) is 11.1 Å². The highest BCUT2D eigenvalue weighted by molar-refractivity contribution is 5.64. The van der Waals surface area contributed by atoms with Crippen LogP contribution in [0.25, 0.3) is 11.1 Å². The Kier molecular flexibility index (Phi) is 2.92. The summed E-state index contributed by atoms with van der Waals surface area (Å²) in [5.41, 5.74) is 6.52. The highest BCUT2D eigenvalue weighted by Crippen LogP contribution is 2.25. The van der Waals surface area contributed by atoms with E-state index < -0.39 is 11.6 Å². The van der Waals surface area contributed by atoms with E-state index >= 15 is 0 Å². The highest BCUT2D eigenvalue weighted by Gasteiger charge is 2.11. The number of nitrogens with two attached hydrogens (primary N) is 1. The molecule has 2 rings (SSSR count). The maximum atomic E-state index is 13.5. The molecule has 0 saturated heterocycles. The monoisotopic (exact) mass is 220 g/mol. The molecule has 1 aromatic heterocycles. The molecule has 1 aromatic carbocycles. The molecule has 4 heteroatoms. The van der Waals surface area contributed by atoms with Crippen LogP contribution in [0, 0.1) is 11.6 Å². The molecule has 0 radical (unpaired) electrons. The van der Waals surface area contributed by atoms with Crippen LogP contribution in [0.3, 0.4) is 0 Å². The second-order valence-electron chi connectivity index (χ2n) is 3.38. The number of aromatic nitrogens is 1. The van der Waals surface area contributed by atoms with Crippen LogP contribution in [0.2, 0.25) is 0 Å². The number of halogens is 2. The second-order valence-corrected chi connectivity index (χ2v) is 3.38. The first kappa shape index (κ1) is 10.7. The van der Waals surface area contributed by atoms with Crippen molar-refractivity contribution in [2.45, 2.75) is 6.54 Å². The van der Waals surface area contributed by atoms with Gasteiger partial charge in [0.15, 0.2) is 0 Å². The summed E-state index contributed by atoms with van der Waals surface area (Å²) >= 11 is 0. The molecule has 0 bridgehead atoms. The molecule has 0 unspecified atom stereocenters. The van der Waals surface area contributed by atoms with Gasteiger partial charge in [-0.25, -0.2) is 8.78 Å². The van der Waals surface area contributed by atoms with Gasteiger partial charge in [0.25, 0.3) is 0 Å². The maximum Gasteiger partial charge on any atom is 0.134 e. The Hall–Kier alpha value is -1.81. The molecule has 2 nitrogen and oxygen atoms in total. The summed E-state index contributed by atoms with van der Waals surface area (Å²) in [6.07, 6.45) is 2.99. The molecule has 0 spiro atoms. The number of rotatable bonds is 2. The molecule has 0 saturated carbocycles. The Labute approximate surface area is 91.7 Å². The van der Waals surface area contributed by atoms with Gasteiger partial charge >= 0.3 is 0 Å². The van der Waals surface area contributed by atoms with Crippen molar-refractivity contribution in [3.63, 3.8) is 0 Å². The minimum Gasteiger partial charge on any atom is -0.326 e. The van der Waals surface area contributed by atoms with Gasteiger partial charge in [0, 0.05) is 24.5 Å². The molecular formula is C12H10F2N2. The largest absolute Gasteiger partial charge is 0.326 e. The summed E-state index contributed by atoms with van der Waals surface area (Å²) in [6, 6.07) is 5.39. The van der Waals surface area contributed by atoms with Crippen LogP contribution in [-0.2, 0) is 6.54 Å². The Balaban J connectivity index is 2.58. The third-order valence-electron chi connectivity index (χ3n) is 2.28. The average molecular weight is 220 g/mol. The average Bonchev–Trinajstić information content (AvgIpc) is 2.29. The molecule has 0 aliphatic rings. The molecule has 0 amide bonds. The summed E-state index contributed by atoms with van der Waals surface area (Å²) < 4.78 is 26.9. The number of nitrogens with zero attached hydrogens (tertiary/aromatic N) is 1. The van der Waals surface area contributed by atoms with E-state index in [0.717, 1.165) is 5.56 Å². The predicted octanol–water partition coefficient (Wildman–Crippen LogP) is 2.49. The van der Waals surface area contributed by atoms with Gasteiger partial charge in [-0.2, -0.15) is 0 Å². The SMILES string of the molecule is NCc1cncc(-c2c(F)cccc2F)c1. The highest BCUT2D eigenvalue weighted by atomic mass is 19.1. The zero-order valence-electron chi connectivity index (χ0n) is 8.45. The standard InChI is InChI=1S/C12H10F2N2/c13-10-2-1-3-11(14)12(10)9-4-8(5-15)6-16-7-9/h1-4,6-7H,5,15H2. The van der Waals surface area contributed by atoms with E-state index in [9.17, 15) is 8.78 Å². The van der Waals surface area contributed by atoms with Gasteiger partial charge in [0.1, 0.15) is 11.6 Å². The summed E-state index contributed by atoms with van der Waals surface area (Å²) in [5.74, 6) is -1.20. The van der Waals surface area contributed by atoms with E-state index in [4.69, 9.17) is 5.73 Å². The third kappa shape index (κ3) is 1.92. The van der Waals surface area contributed by atoms with Crippen LogP contribution in [0.15, 0.2) is 36.7 Å². The van der Waals surface area contributed by atoms with Crippen LogP contribution in [-0.4, -0.2) is 4.98 Å². The van der Waals surface area contributed by atoms with Crippen LogP contribution >= 0.6 is 0 Å².